The molecule has 208 valence electrons. The third kappa shape index (κ3) is 6.63. The molecule has 2 aliphatic carbocycles. The predicted molar refractivity (Wildman–Crippen MR) is 161 cm³/mol. The van der Waals surface area contributed by atoms with Gasteiger partial charge in [-0.15, -0.1) is 0 Å². The van der Waals surface area contributed by atoms with Gasteiger partial charge < -0.3 is 21.3 Å². The molecular formula is C32H31N5O3S. The third-order valence-electron chi connectivity index (χ3n) is 7.09. The molecule has 0 aliphatic heterocycles. The molecule has 0 radical (unpaired) electrons. The molecule has 6 rings (SSSR count). The van der Waals surface area contributed by atoms with Crippen molar-refractivity contribution < 1.29 is 14.4 Å². The second-order valence-corrected chi connectivity index (χ2v) is 11.6. The van der Waals surface area contributed by atoms with Crippen LogP contribution < -0.4 is 21.3 Å². The highest BCUT2D eigenvalue weighted by molar-refractivity contribution is 7.18. The van der Waals surface area contributed by atoms with Crippen molar-refractivity contribution in [3.8, 4) is 11.3 Å². The minimum atomic E-state index is -0.253. The number of carbonyl (C=O) groups excluding carboxylic acids is 3. The van der Waals surface area contributed by atoms with Crippen LogP contribution in [0.4, 0.5) is 10.8 Å². The van der Waals surface area contributed by atoms with E-state index in [0.717, 1.165) is 42.5 Å². The van der Waals surface area contributed by atoms with Crippen LogP contribution in [-0.4, -0.2) is 34.8 Å². The molecule has 8 nitrogen and oxygen atoms in total. The lowest BCUT2D eigenvalue weighted by molar-refractivity contribution is 0.0942. The van der Waals surface area contributed by atoms with Crippen LogP contribution in [0, 0.1) is 6.92 Å². The summed E-state index contributed by atoms with van der Waals surface area (Å²) in [7, 11) is 0. The van der Waals surface area contributed by atoms with Crippen molar-refractivity contribution in [1.29, 1.82) is 0 Å². The first-order valence-corrected chi connectivity index (χ1v) is 14.7. The van der Waals surface area contributed by atoms with Gasteiger partial charge in [-0.1, -0.05) is 59.9 Å². The van der Waals surface area contributed by atoms with Crippen LogP contribution in [0.25, 0.3) is 11.3 Å². The Bertz CT molecular complexity index is 1610. The average molecular weight is 566 g/mol. The lowest BCUT2D eigenvalue weighted by atomic mass is 10.1. The second kappa shape index (κ2) is 11.5. The van der Waals surface area contributed by atoms with Gasteiger partial charge in [0.15, 0.2) is 5.13 Å². The Balaban J connectivity index is 1.30. The SMILES string of the molecule is Cc1ccc(C(=O)NC2CC2)cc1Nc1nc(-c2cccc(C(=O)NC3CC3)c2)c(C(=O)NCc2ccccc2)s1. The Kier molecular flexibility index (Phi) is 7.52. The fourth-order valence-corrected chi connectivity index (χ4v) is 5.31. The first-order valence-electron chi connectivity index (χ1n) is 13.9. The van der Waals surface area contributed by atoms with Crippen LogP contribution in [0.5, 0.6) is 0 Å². The molecule has 0 atom stereocenters. The number of aryl methyl sites for hydroxylation is 1. The summed E-state index contributed by atoms with van der Waals surface area (Å²) in [5, 5.41) is 12.9. The van der Waals surface area contributed by atoms with Crippen molar-refractivity contribution in [3.05, 3.63) is 99.9 Å². The molecule has 2 aliphatic rings. The van der Waals surface area contributed by atoms with Gasteiger partial charge in [0.25, 0.3) is 17.7 Å². The summed E-state index contributed by atoms with van der Waals surface area (Å²) < 4.78 is 0. The standard InChI is InChI=1S/C32H31N5O3S/c1-19-10-11-23(30(39)35-25-14-15-25)17-26(19)36-32-37-27(21-8-5-9-22(16-21)29(38)34-24-12-13-24)28(41-32)31(40)33-18-20-6-3-2-4-7-20/h2-11,16-17,24-25H,12-15,18H2,1H3,(H,33,40)(H,34,38)(H,35,39)(H,36,37). The Labute approximate surface area is 242 Å². The number of anilines is 2. The molecule has 0 bridgehead atoms. The lowest BCUT2D eigenvalue weighted by Crippen LogP contribution is -2.25. The van der Waals surface area contributed by atoms with Crippen LogP contribution in [0.3, 0.4) is 0 Å². The number of thiazole rings is 1. The molecule has 1 heterocycles. The van der Waals surface area contributed by atoms with Crippen LogP contribution in [0.1, 0.15) is 67.2 Å². The number of hydrogen-bond donors (Lipinski definition) is 4. The van der Waals surface area contributed by atoms with E-state index in [1.165, 1.54) is 11.3 Å². The lowest BCUT2D eigenvalue weighted by Gasteiger charge is -2.10. The first kappa shape index (κ1) is 26.7. The molecule has 41 heavy (non-hydrogen) atoms. The molecular weight excluding hydrogens is 534 g/mol. The number of benzene rings is 3. The number of nitrogens with one attached hydrogen (secondary N) is 4. The molecule has 0 unspecified atom stereocenters. The van der Waals surface area contributed by atoms with E-state index in [0.29, 0.717) is 38.9 Å². The molecule has 3 amide bonds. The summed E-state index contributed by atoms with van der Waals surface area (Å²) in [6.07, 6.45) is 4.04. The van der Waals surface area contributed by atoms with Crippen LogP contribution in [0.2, 0.25) is 0 Å². The Hall–Kier alpha value is -4.50. The minimum absolute atomic E-state index is 0.0994. The molecule has 4 aromatic rings. The van der Waals surface area contributed by atoms with Gasteiger partial charge in [-0.25, -0.2) is 4.98 Å². The Morgan fingerprint density at radius 1 is 0.805 bits per heavy atom. The molecule has 0 saturated heterocycles. The largest absolute Gasteiger partial charge is 0.349 e. The summed E-state index contributed by atoms with van der Waals surface area (Å²) in [5.41, 5.74) is 4.93. The number of amides is 3. The molecule has 3 aromatic carbocycles. The first-order chi connectivity index (χ1) is 19.9. The third-order valence-corrected chi connectivity index (χ3v) is 8.06. The van der Waals surface area contributed by atoms with E-state index in [4.69, 9.17) is 4.98 Å². The van der Waals surface area contributed by atoms with Crippen molar-refractivity contribution >= 4 is 39.9 Å². The summed E-state index contributed by atoms with van der Waals surface area (Å²) in [5.74, 6) is -0.482. The van der Waals surface area contributed by atoms with Gasteiger partial charge in [0.2, 0.25) is 0 Å². The number of hydrogen-bond acceptors (Lipinski definition) is 6. The highest BCUT2D eigenvalue weighted by Gasteiger charge is 2.26. The maximum Gasteiger partial charge on any atom is 0.264 e. The second-order valence-electron chi connectivity index (χ2n) is 10.6. The monoisotopic (exact) mass is 565 g/mol. The predicted octanol–water partition coefficient (Wildman–Crippen LogP) is 5.58. The zero-order chi connectivity index (χ0) is 28.3. The number of rotatable bonds is 10. The number of aromatic nitrogens is 1. The van der Waals surface area contributed by atoms with Crippen LogP contribution >= 0.6 is 11.3 Å². The van der Waals surface area contributed by atoms with Crippen LogP contribution in [-0.2, 0) is 6.54 Å². The van der Waals surface area contributed by atoms with Crippen molar-refractivity contribution in [2.45, 2.75) is 51.2 Å². The van der Waals surface area contributed by atoms with Gasteiger partial charge in [0.1, 0.15) is 4.88 Å². The van der Waals surface area contributed by atoms with Crippen molar-refractivity contribution in [2.75, 3.05) is 5.32 Å². The Morgan fingerprint density at radius 3 is 2.17 bits per heavy atom. The van der Waals surface area contributed by atoms with E-state index < -0.39 is 0 Å². The topological polar surface area (TPSA) is 112 Å². The molecule has 1 aromatic heterocycles. The minimum Gasteiger partial charge on any atom is -0.349 e. The van der Waals surface area contributed by atoms with E-state index >= 15 is 0 Å². The number of nitrogens with zero attached hydrogens (tertiary/aromatic N) is 1. The average Bonchev–Trinajstić information content (AvgIpc) is 3.93. The summed E-state index contributed by atoms with van der Waals surface area (Å²) in [6.45, 7) is 2.33. The van der Waals surface area contributed by atoms with Gasteiger partial charge in [0, 0.05) is 41.0 Å². The van der Waals surface area contributed by atoms with Gasteiger partial charge in [-0.05, 0) is 68.0 Å². The van der Waals surface area contributed by atoms with Crippen LogP contribution in [0.15, 0.2) is 72.8 Å². The van der Waals surface area contributed by atoms with Crippen molar-refractivity contribution in [3.63, 3.8) is 0 Å². The fourth-order valence-electron chi connectivity index (χ4n) is 4.40. The summed E-state index contributed by atoms with van der Waals surface area (Å²) >= 11 is 1.24. The van der Waals surface area contributed by atoms with E-state index in [1.807, 2.05) is 61.5 Å². The molecule has 2 saturated carbocycles. The molecule has 2 fully saturated rings. The fraction of sp³-hybridized carbons (Fsp3) is 0.250. The maximum absolute atomic E-state index is 13.5. The van der Waals surface area contributed by atoms with E-state index in [-0.39, 0.29) is 29.8 Å². The van der Waals surface area contributed by atoms with E-state index in [2.05, 4.69) is 21.3 Å². The zero-order valence-corrected chi connectivity index (χ0v) is 23.5. The smallest absolute Gasteiger partial charge is 0.264 e. The summed E-state index contributed by atoms with van der Waals surface area (Å²) in [6, 6.07) is 22.9. The Morgan fingerprint density at radius 2 is 1.49 bits per heavy atom. The molecule has 4 N–H and O–H groups in total. The van der Waals surface area contributed by atoms with E-state index in [9.17, 15) is 14.4 Å². The maximum atomic E-state index is 13.5. The summed E-state index contributed by atoms with van der Waals surface area (Å²) in [4.78, 5) is 44.1. The van der Waals surface area contributed by atoms with Gasteiger partial charge in [-0.3, -0.25) is 14.4 Å². The van der Waals surface area contributed by atoms with Gasteiger partial charge >= 0.3 is 0 Å². The van der Waals surface area contributed by atoms with Crippen molar-refractivity contribution in [2.24, 2.45) is 0 Å². The zero-order valence-electron chi connectivity index (χ0n) is 22.7. The van der Waals surface area contributed by atoms with Gasteiger partial charge in [0.05, 0.1) is 5.69 Å². The highest BCUT2D eigenvalue weighted by atomic mass is 32.1. The van der Waals surface area contributed by atoms with Crippen molar-refractivity contribution in [1.82, 2.24) is 20.9 Å². The molecule has 0 spiro atoms. The number of carbonyl (C=O) groups is 3. The van der Waals surface area contributed by atoms with Gasteiger partial charge in [-0.2, -0.15) is 0 Å². The molecule has 9 heteroatoms. The normalized spacial score (nSPS) is 14.3. The quantitative estimate of drug-likeness (QED) is 0.201. The van der Waals surface area contributed by atoms with E-state index in [1.54, 1.807) is 18.2 Å². The highest BCUT2D eigenvalue weighted by Crippen LogP contribution is 2.34.